The minimum atomic E-state index is -1.02. The number of piperidine rings is 1. The van der Waals surface area contributed by atoms with E-state index in [4.69, 9.17) is 0 Å². The molecule has 0 bridgehead atoms. The Morgan fingerprint density at radius 3 is 2.12 bits per heavy atom. The molecule has 3 N–H and O–H groups in total. The van der Waals surface area contributed by atoms with Gasteiger partial charge in [0.25, 0.3) is 0 Å². The first-order chi connectivity index (χ1) is 7.66. The Morgan fingerprint density at radius 2 is 1.56 bits per heavy atom. The normalized spacial score (nSPS) is 31.6. The maximum absolute atomic E-state index is 9.54. The lowest BCUT2D eigenvalue weighted by Crippen LogP contribution is -2.54. The van der Waals surface area contributed by atoms with Crippen LogP contribution < -0.4 is 0 Å². The standard InChI is InChI=1S/C12H17NO3/c14-10-7-13(8-11(15)12(10)16)6-9-4-2-1-3-5-9/h1-5,10-12,14-16H,6-8H2/t10-,11+,12?. The number of benzene rings is 1. The van der Waals surface area contributed by atoms with E-state index in [0.29, 0.717) is 19.6 Å². The fourth-order valence-corrected chi connectivity index (χ4v) is 2.05. The first-order valence-electron chi connectivity index (χ1n) is 5.47. The van der Waals surface area contributed by atoms with Crippen LogP contribution in [0.1, 0.15) is 5.56 Å². The molecule has 0 aliphatic carbocycles. The van der Waals surface area contributed by atoms with Gasteiger partial charge in [-0.2, -0.15) is 0 Å². The monoisotopic (exact) mass is 223 g/mol. The Morgan fingerprint density at radius 1 is 1.00 bits per heavy atom. The van der Waals surface area contributed by atoms with Gasteiger partial charge in [-0.05, 0) is 5.56 Å². The summed E-state index contributed by atoms with van der Waals surface area (Å²) in [7, 11) is 0. The van der Waals surface area contributed by atoms with E-state index in [1.165, 1.54) is 0 Å². The van der Waals surface area contributed by atoms with Crippen LogP contribution in [-0.4, -0.2) is 51.6 Å². The van der Waals surface area contributed by atoms with Gasteiger partial charge in [-0.1, -0.05) is 30.3 Å². The molecule has 1 heterocycles. The molecule has 1 aliphatic heterocycles. The molecule has 1 fully saturated rings. The Balaban J connectivity index is 1.97. The minimum absolute atomic E-state index is 0.396. The SMILES string of the molecule is OC1[C@H](O)CN(Cc2ccccc2)C[C@@H]1O. The van der Waals surface area contributed by atoms with Crippen molar-refractivity contribution in [2.24, 2.45) is 0 Å². The number of aliphatic hydroxyl groups is 3. The van der Waals surface area contributed by atoms with Crippen LogP contribution >= 0.6 is 0 Å². The summed E-state index contributed by atoms with van der Waals surface area (Å²) in [5.41, 5.74) is 1.14. The van der Waals surface area contributed by atoms with Crippen molar-refractivity contribution in [1.82, 2.24) is 4.90 Å². The van der Waals surface area contributed by atoms with Gasteiger partial charge in [-0.15, -0.1) is 0 Å². The van der Waals surface area contributed by atoms with Crippen molar-refractivity contribution in [1.29, 1.82) is 0 Å². The lowest BCUT2D eigenvalue weighted by atomic mass is 10.0. The van der Waals surface area contributed by atoms with E-state index >= 15 is 0 Å². The van der Waals surface area contributed by atoms with Crippen LogP contribution in [0.5, 0.6) is 0 Å². The quantitative estimate of drug-likeness (QED) is 0.637. The largest absolute Gasteiger partial charge is 0.389 e. The van der Waals surface area contributed by atoms with Crippen LogP contribution in [0.25, 0.3) is 0 Å². The van der Waals surface area contributed by atoms with Gasteiger partial charge in [0.2, 0.25) is 0 Å². The molecule has 0 radical (unpaired) electrons. The van der Waals surface area contributed by atoms with Crippen molar-refractivity contribution in [3.05, 3.63) is 35.9 Å². The molecule has 1 aromatic rings. The van der Waals surface area contributed by atoms with Crippen LogP contribution in [0.4, 0.5) is 0 Å². The maximum atomic E-state index is 9.54. The summed E-state index contributed by atoms with van der Waals surface area (Å²) in [6.07, 6.45) is -2.76. The fraction of sp³-hybridized carbons (Fsp3) is 0.500. The van der Waals surface area contributed by atoms with Gasteiger partial charge in [0, 0.05) is 19.6 Å². The molecule has 1 saturated heterocycles. The molecule has 2 rings (SSSR count). The van der Waals surface area contributed by atoms with Crippen LogP contribution in [0.15, 0.2) is 30.3 Å². The highest BCUT2D eigenvalue weighted by Crippen LogP contribution is 2.14. The number of hydrogen-bond donors (Lipinski definition) is 3. The number of likely N-dealkylation sites (tertiary alicyclic amines) is 1. The fourth-order valence-electron chi connectivity index (χ4n) is 2.05. The lowest BCUT2D eigenvalue weighted by molar-refractivity contribution is -0.111. The van der Waals surface area contributed by atoms with Crippen LogP contribution in [0.2, 0.25) is 0 Å². The molecule has 1 unspecified atom stereocenters. The minimum Gasteiger partial charge on any atom is -0.389 e. The van der Waals surface area contributed by atoms with E-state index in [-0.39, 0.29) is 0 Å². The molecule has 4 nitrogen and oxygen atoms in total. The van der Waals surface area contributed by atoms with E-state index in [1.54, 1.807) is 0 Å². The third-order valence-electron chi connectivity index (χ3n) is 2.93. The van der Waals surface area contributed by atoms with Gasteiger partial charge in [0.15, 0.2) is 0 Å². The van der Waals surface area contributed by atoms with Gasteiger partial charge >= 0.3 is 0 Å². The zero-order valence-electron chi connectivity index (χ0n) is 9.03. The molecule has 3 atom stereocenters. The third-order valence-corrected chi connectivity index (χ3v) is 2.93. The Bertz CT molecular complexity index is 318. The van der Waals surface area contributed by atoms with Crippen molar-refractivity contribution in [2.75, 3.05) is 13.1 Å². The summed E-state index contributed by atoms with van der Waals surface area (Å²) in [6, 6.07) is 9.88. The zero-order chi connectivity index (χ0) is 11.5. The summed E-state index contributed by atoms with van der Waals surface area (Å²) in [5.74, 6) is 0. The molecule has 0 aromatic heterocycles. The number of β-amino-alcohol motifs (C(OH)–C–C–N with tert-alkyl or cyclic N) is 2. The van der Waals surface area contributed by atoms with Crippen LogP contribution in [-0.2, 0) is 6.54 Å². The van der Waals surface area contributed by atoms with Crippen molar-refractivity contribution >= 4 is 0 Å². The van der Waals surface area contributed by atoms with Crippen molar-refractivity contribution < 1.29 is 15.3 Å². The predicted octanol–water partition coefficient (Wildman–Crippen LogP) is -0.415. The summed E-state index contributed by atoms with van der Waals surface area (Å²) >= 11 is 0. The first kappa shape index (κ1) is 11.5. The highest BCUT2D eigenvalue weighted by molar-refractivity contribution is 5.14. The average Bonchev–Trinajstić information content (AvgIpc) is 2.27. The molecular weight excluding hydrogens is 206 g/mol. The van der Waals surface area contributed by atoms with E-state index in [2.05, 4.69) is 0 Å². The Labute approximate surface area is 94.8 Å². The van der Waals surface area contributed by atoms with E-state index in [0.717, 1.165) is 5.56 Å². The van der Waals surface area contributed by atoms with E-state index in [1.807, 2.05) is 35.2 Å². The van der Waals surface area contributed by atoms with E-state index < -0.39 is 18.3 Å². The number of hydrogen-bond acceptors (Lipinski definition) is 4. The van der Waals surface area contributed by atoms with Crippen molar-refractivity contribution in [2.45, 2.75) is 24.9 Å². The van der Waals surface area contributed by atoms with Crippen molar-refractivity contribution in [3.8, 4) is 0 Å². The second-order valence-corrected chi connectivity index (χ2v) is 4.30. The van der Waals surface area contributed by atoms with Crippen LogP contribution in [0.3, 0.4) is 0 Å². The van der Waals surface area contributed by atoms with Crippen LogP contribution in [0, 0.1) is 0 Å². The Hall–Kier alpha value is -0.940. The molecule has 0 spiro atoms. The molecule has 0 amide bonds. The molecule has 1 aromatic carbocycles. The smallest absolute Gasteiger partial charge is 0.108 e. The number of nitrogens with zero attached hydrogens (tertiary/aromatic N) is 1. The first-order valence-corrected chi connectivity index (χ1v) is 5.47. The summed E-state index contributed by atoms with van der Waals surface area (Å²) in [4.78, 5) is 1.94. The number of aliphatic hydroxyl groups excluding tert-OH is 3. The van der Waals surface area contributed by atoms with Gasteiger partial charge in [0.05, 0.1) is 12.2 Å². The Kier molecular flexibility index (Phi) is 3.56. The second kappa shape index (κ2) is 4.93. The average molecular weight is 223 g/mol. The summed E-state index contributed by atoms with van der Waals surface area (Å²) < 4.78 is 0. The van der Waals surface area contributed by atoms with Gasteiger partial charge < -0.3 is 15.3 Å². The summed E-state index contributed by atoms with van der Waals surface area (Å²) in [5, 5.41) is 28.5. The number of rotatable bonds is 2. The predicted molar refractivity (Wildman–Crippen MR) is 59.7 cm³/mol. The van der Waals surface area contributed by atoms with Gasteiger partial charge in [-0.3, -0.25) is 4.90 Å². The van der Waals surface area contributed by atoms with E-state index in [9.17, 15) is 15.3 Å². The summed E-state index contributed by atoms with van der Waals surface area (Å²) in [6.45, 7) is 1.47. The molecular formula is C12H17NO3. The second-order valence-electron chi connectivity index (χ2n) is 4.30. The highest BCUT2D eigenvalue weighted by atomic mass is 16.4. The third kappa shape index (κ3) is 2.59. The molecule has 4 heteroatoms. The zero-order valence-corrected chi connectivity index (χ0v) is 9.03. The van der Waals surface area contributed by atoms with Crippen molar-refractivity contribution in [3.63, 3.8) is 0 Å². The molecule has 88 valence electrons. The molecule has 16 heavy (non-hydrogen) atoms. The lowest BCUT2D eigenvalue weighted by Gasteiger charge is -2.36. The molecule has 0 saturated carbocycles. The topological polar surface area (TPSA) is 63.9 Å². The molecule has 1 aliphatic rings. The highest BCUT2D eigenvalue weighted by Gasteiger charge is 2.33. The van der Waals surface area contributed by atoms with Gasteiger partial charge in [0.1, 0.15) is 6.10 Å². The maximum Gasteiger partial charge on any atom is 0.108 e. The van der Waals surface area contributed by atoms with Gasteiger partial charge in [-0.25, -0.2) is 0 Å².